The molecule has 11 heavy (non-hydrogen) atoms. The lowest BCUT2D eigenvalue weighted by Gasteiger charge is -2.00. The Morgan fingerprint density at radius 2 is 2.09 bits per heavy atom. The second-order valence-corrected chi connectivity index (χ2v) is 2.91. The lowest BCUT2D eigenvalue weighted by Crippen LogP contribution is -2.03. The van der Waals surface area contributed by atoms with Crippen molar-refractivity contribution in [2.24, 2.45) is 16.6 Å². The van der Waals surface area contributed by atoms with Gasteiger partial charge in [0.1, 0.15) is 0 Å². The van der Waals surface area contributed by atoms with Crippen LogP contribution in [0, 0.1) is 5.92 Å². The molecule has 0 saturated heterocycles. The van der Waals surface area contributed by atoms with Gasteiger partial charge in [-0.15, -0.1) is 0 Å². The van der Waals surface area contributed by atoms with Crippen LogP contribution < -0.4 is 5.73 Å². The van der Waals surface area contributed by atoms with Crippen molar-refractivity contribution in [3.63, 3.8) is 0 Å². The molecule has 0 spiro atoms. The maximum Gasteiger partial charge on any atom is 0.0458 e. The minimum atomic E-state index is 0.359. The van der Waals surface area contributed by atoms with Crippen LogP contribution in [0.5, 0.6) is 0 Å². The monoisotopic (exact) mass is 152 g/mol. The van der Waals surface area contributed by atoms with Crippen molar-refractivity contribution in [3.05, 3.63) is 24.0 Å². The number of rotatable bonds is 3. The van der Waals surface area contributed by atoms with E-state index < -0.39 is 0 Å². The molecule has 0 rings (SSSR count). The second kappa shape index (κ2) is 4.72. The summed E-state index contributed by atoms with van der Waals surface area (Å²) in [4.78, 5) is 3.98. The van der Waals surface area contributed by atoms with Gasteiger partial charge in [-0.25, -0.2) is 0 Å². The Hall–Kier alpha value is -1.05. The van der Waals surface area contributed by atoms with E-state index in [1.165, 1.54) is 0 Å². The average molecular weight is 152 g/mol. The highest BCUT2D eigenvalue weighted by atomic mass is 14.7. The highest BCUT2D eigenvalue weighted by Gasteiger charge is 1.93. The Morgan fingerprint density at radius 1 is 1.55 bits per heavy atom. The van der Waals surface area contributed by atoms with E-state index in [0.29, 0.717) is 5.92 Å². The first-order valence-electron chi connectivity index (χ1n) is 3.68. The normalized spacial score (nSPS) is 12.9. The van der Waals surface area contributed by atoms with Crippen molar-refractivity contribution in [2.75, 3.05) is 0 Å². The summed E-state index contributed by atoms with van der Waals surface area (Å²) in [7, 11) is 0. The Balaban J connectivity index is 4.01. The van der Waals surface area contributed by atoms with E-state index in [-0.39, 0.29) is 0 Å². The molecule has 0 saturated carbocycles. The van der Waals surface area contributed by atoms with Gasteiger partial charge >= 0.3 is 0 Å². The third-order valence-electron chi connectivity index (χ3n) is 1.19. The van der Waals surface area contributed by atoms with E-state index >= 15 is 0 Å². The third-order valence-corrected chi connectivity index (χ3v) is 1.19. The van der Waals surface area contributed by atoms with Crippen LogP contribution in [-0.2, 0) is 0 Å². The van der Waals surface area contributed by atoms with Crippen LogP contribution in [0.3, 0.4) is 0 Å². The molecule has 0 aliphatic carbocycles. The standard InChI is InChI=1S/C9H16N2/c1-7(2)5-11-6-9(10)8(3)4/h5-6,8H,1,10H2,2-4H3/b9-6-,11-5-. The fraction of sp³-hybridized carbons (Fsp3) is 0.444. The molecule has 0 aromatic carbocycles. The van der Waals surface area contributed by atoms with Crippen LogP contribution in [0.15, 0.2) is 29.0 Å². The Labute approximate surface area is 68.5 Å². The van der Waals surface area contributed by atoms with Gasteiger partial charge < -0.3 is 5.73 Å². The zero-order valence-electron chi connectivity index (χ0n) is 7.46. The summed E-state index contributed by atoms with van der Waals surface area (Å²) in [5, 5.41) is 0. The van der Waals surface area contributed by atoms with Crippen LogP contribution >= 0.6 is 0 Å². The first kappa shape index (κ1) is 9.95. The minimum absolute atomic E-state index is 0.359. The molecule has 0 heterocycles. The number of nitrogens with two attached hydrogens (primary N) is 1. The minimum Gasteiger partial charge on any atom is -0.401 e. The van der Waals surface area contributed by atoms with Crippen LogP contribution in [0.1, 0.15) is 20.8 Å². The fourth-order valence-electron chi connectivity index (χ4n) is 0.400. The third kappa shape index (κ3) is 5.40. The summed E-state index contributed by atoms with van der Waals surface area (Å²) in [5.41, 5.74) is 7.34. The summed E-state index contributed by atoms with van der Waals surface area (Å²) >= 11 is 0. The molecule has 0 bridgehead atoms. The molecule has 0 radical (unpaired) electrons. The summed E-state index contributed by atoms with van der Waals surface area (Å²) < 4.78 is 0. The number of hydrogen-bond acceptors (Lipinski definition) is 2. The smallest absolute Gasteiger partial charge is 0.0458 e. The molecule has 0 fully saturated rings. The van der Waals surface area contributed by atoms with Crippen molar-refractivity contribution in [2.45, 2.75) is 20.8 Å². The Kier molecular flexibility index (Phi) is 4.27. The quantitative estimate of drug-likeness (QED) is 0.618. The van der Waals surface area contributed by atoms with Crippen molar-refractivity contribution in [1.29, 1.82) is 0 Å². The van der Waals surface area contributed by atoms with Gasteiger partial charge in [0.05, 0.1) is 0 Å². The average Bonchev–Trinajstić information content (AvgIpc) is 1.86. The Morgan fingerprint density at radius 3 is 2.45 bits per heavy atom. The fourth-order valence-corrected chi connectivity index (χ4v) is 0.400. The number of hydrogen-bond donors (Lipinski definition) is 1. The van der Waals surface area contributed by atoms with E-state index in [1.807, 2.05) is 20.8 Å². The molecule has 2 N–H and O–H groups in total. The van der Waals surface area contributed by atoms with Crippen molar-refractivity contribution >= 4 is 6.21 Å². The topological polar surface area (TPSA) is 38.4 Å². The van der Waals surface area contributed by atoms with Gasteiger partial charge in [0.2, 0.25) is 0 Å². The Bertz CT molecular complexity index is 188. The number of allylic oxidation sites excluding steroid dienone is 2. The van der Waals surface area contributed by atoms with Crippen LogP contribution in [0.25, 0.3) is 0 Å². The predicted octanol–water partition coefficient (Wildman–Crippen LogP) is 2.09. The van der Waals surface area contributed by atoms with Crippen LogP contribution in [-0.4, -0.2) is 6.21 Å². The van der Waals surface area contributed by atoms with Crippen molar-refractivity contribution in [3.8, 4) is 0 Å². The zero-order valence-corrected chi connectivity index (χ0v) is 7.46. The largest absolute Gasteiger partial charge is 0.401 e. The summed E-state index contributed by atoms with van der Waals surface area (Å²) in [6, 6.07) is 0. The molecular formula is C9H16N2. The first-order valence-corrected chi connectivity index (χ1v) is 3.68. The van der Waals surface area contributed by atoms with Gasteiger partial charge in [-0.05, 0) is 18.4 Å². The highest BCUT2D eigenvalue weighted by molar-refractivity contribution is 5.77. The maximum atomic E-state index is 5.62. The van der Waals surface area contributed by atoms with E-state index in [1.54, 1.807) is 12.4 Å². The highest BCUT2D eigenvalue weighted by Crippen LogP contribution is 2.01. The lowest BCUT2D eigenvalue weighted by atomic mass is 10.2. The molecule has 2 heteroatoms. The molecule has 62 valence electrons. The summed E-state index contributed by atoms with van der Waals surface area (Å²) in [6.07, 6.45) is 3.36. The van der Waals surface area contributed by atoms with Gasteiger partial charge in [0.15, 0.2) is 0 Å². The first-order chi connectivity index (χ1) is 5.04. The van der Waals surface area contributed by atoms with Gasteiger partial charge in [0, 0.05) is 18.1 Å². The SMILES string of the molecule is C=C(C)/C=N\C=C(/N)C(C)C. The van der Waals surface area contributed by atoms with Crippen molar-refractivity contribution < 1.29 is 0 Å². The molecule has 0 unspecified atom stereocenters. The zero-order chi connectivity index (χ0) is 8.85. The van der Waals surface area contributed by atoms with E-state index in [0.717, 1.165) is 11.3 Å². The molecule has 0 atom stereocenters. The molecular weight excluding hydrogens is 136 g/mol. The molecule has 0 aliphatic rings. The van der Waals surface area contributed by atoms with Gasteiger partial charge in [0.25, 0.3) is 0 Å². The van der Waals surface area contributed by atoms with Crippen molar-refractivity contribution in [1.82, 2.24) is 0 Å². The molecule has 0 aromatic rings. The lowest BCUT2D eigenvalue weighted by molar-refractivity contribution is 0.754. The van der Waals surface area contributed by atoms with Gasteiger partial charge in [-0.2, -0.15) is 0 Å². The molecule has 0 aliphatic heterocycles. The van der Waals surface area contributed by atoms with Gasteiger partial charge in [-0.1, -0.05) is 20.4 Å². The number of aliphatic imine (C=N–C) groups is 1. The van der Waals surface area contributed by atoms with E-state index in [9.17, 15) is 0 Å². The predicted molar refractivity (Wildman–Crippen MR) is 50.4 cm³/mol. The molecule has 0 amide bonds. The van der Waals surface area contributed by atoms with Crippen LogP contribution in [0.2, 0.25) is 0 Å². The molecule has 0 aromatic heterocycles. The summed E-state index contributed by atoms with van der Waals surface area (Å²) in [6.45, 7) is 9.63. The van der Waals surface area contributed by atoms with E-state index in [2.05, 4.69) is 11.6 Å². The van der Waals surface area contributed by atoms with Gasteiger partial charge in [-0.3, -0.25) is 4.99 Å². The van der Waals surface area contributed by atoms with Crippen LogP contribution in [0.4, 0.5) is 0 Å². The summed E-state index contributed by atoms with van der Waals surface area (Å²) in [5.74, 6) is 0.359. The van der Waals surface area contributed by atoms with E-state index in [4.69, 9.17) is 5.73 Å². The molecule has 2 nitrogen and oxygen atoms in total. The maximum absolute atomic E-state index is 5.62. The second-order valence-electron chi connectivity index (χ2n) is 2.91. The number of nitrogens with zero attached hydrogens (tertiary/aromatic N) is 1.